The summed E-state index contributed by atoms with van der Waals surface area (Å²) < 4.78 is 5.59. The van der Waals surface area contributed by atoms with Crippen LogP contribution in [0.5, 0.6) is 5.75 Å². The van der Waals surface area contributed by atoms with E-state index in [2.05, 4.69) is 45.5 Å². The van der Waals surface area contributed by atoms with Crippen molar-refractivity contribution in [2.45, 2.75) is 26.2 Å². The van der Waals surface area contributed by atoms with Gasteiger partial charge in [0.25, 0.3) is 0 Å². The maximum absolute atomic E-state index is 5.59. The van der Waals surface area contributed by atoms with Crippen LogP contribution in [0.3, 0.4) is 0 Å². The highest BCUT2D eigenvalue weighted by atomic mass is 16.5. The molecular formula is C13H17NO. The van der Waals surface area contributed by atoms with E-state index in [0.29, 0.717) is 5.88 Å². The van der Waals surface area contributed by atoms with Gasteiger partial charge in [0.2, 0.25) is 0 Å². The van der Waals surface area contributed by atoms with E-state index in [1.165, 1.54) is 5.56 Å². The smallest absolute Gasteiger partial charge is 0.193 e. The molecule has 2 nitrogen and oxygen atoms in total. The first-order chi connectivity index (χ1) is 6.89. The van der Waals surface area contributed by atoms with Crippen LogP contribution in [0.4, 0.5) is 5.69 Å². The summed E-state index contributed by atoms with van der Waals surface area (Å²) in [5.41, 5.74) is 2.53. The molecule has 0 aromatic heterocycles. The summed E-state index contributed by atoms with van der Waals surface area (Å²) in [6, 6.07) is 6.34. The van der Waals surface area contributed by atoms with Crippen molar-refractivity contribution in [2.24, 2.45) is 0 Å². The quantitative estimate of drug-likeness (QED) is 0.641. The van der Waals surface area contributed by atoms with E-state index < -0.39 is 0 Å². The number of nitrogens with zero attached hydrogens (tertiary/aromatic N) is 1. The molecule has 2 rings (SSSR count). The summed E-state index contributed by atoms with van der Waals surface area (Å²) >= 11 is 0. The summed E-state index contributed by atoms with van der Waals surface area (Å²) in [5.74, 6) is 1.60. The monoisotopic (exact) mass is 203 g/mol. The van der Waals surface area contributed by atoms with Crippen LogP contribution in [0.25, 0.3) is 0 Å². The molecule has 0 unspecified atom stereocenters. The molecule has 1 aliphatic rings. The van der Waals surface area contributed by atoms with E-state index in [9.17, 15) is 0 Å². The molecule has 0 radical (unpaired) electrons. The fourth-order valence-electron chi connectivity index (χ4n) is 1.67. The fraction of sp³-hybridized carbons (Fsp3) is 0.385. The molecule has 1 heterocycles. The van der Waals surface area contributed by atoms with Crippen molar-refractivity contribution >= 4 is 5.69 Å². The van der Waals surface area contributed by atoms with Crippen LogP contribution in [0.15, 0.2) is 30.7 Å². The van der Waals surface area contributed by atoms with Gasteiger partial charge in [-0.25, -0.2) is 0 Å². The Labute approximate surface area is 91.2 Å². The Bertz CT molecular complexity index is 415. The van der Waals surface area contributed by atoms with Crippen LogP contribution in [0, 0.1) is 0 Å². The van der Waals surface area contributed by atoms with Crippen molar-refractivity contribution in [1.82, 2.24) is 0 Å². The van der Waals surface area contributed by atoms with Crippen molar-refractivity contribution < 1.29 is 4.74 Å². The highest BCUT2D eigenvalue weighted by Crippen LogP contribution is 2.39. The fourth-order valence-corrected chi connectivity index (χ4v) is 1.67. The minimum absolute atomic E-state index is 0.154. The SMILES string of the molecule is C=C1Oc2cc(C(C)(C)C)ccc2N1C. The first kappa shape index (κ1) is 10.1. The largest absolute Gasteiger partial charge is 0.439 e. The molecule has 2 heteroatoms. The highest BCUT2D eigenvalue weighted by molar-refractivity contribution is 5.66. The van der Waals surface area contributed by atoms with Gasteiger partial charge in [-0.3, -0.25) is 0 Å². The summed E-state index contributed by atoms with van der Waals surface area (Å²) in [7, 11) is 1.96. The zero-order valence-corrected chi connectivity index (χ0v) is 9.79. The third-order valence-electron chi connectivity index (χ3n) is 2.79. The molecule has 0 spiro atoms. The predicted molar refractivity (Wildman–Crippen MR) is 63.3 cm³/mol. The molecule has 15 heavy (non-hydrogen) atoms. The summed E-state index contributed by atoms with van der Waals surface area (Å²) in [6.07, 6.45) is 0. The van der Waals surface area contributed by atoms with Gasteiger partial charge in [0, 0.05) is 7.05 Å². The van der Waals surface area contributed by atoms with E-state index in [4.69, 9.17) is 4.74 Å². The Morgan fingerprint density at radius 2 is 1.93 bits per heavy atom. The lowest BCUT2D eigenvalue weighted by molar-refractivity contribution is 0.444. The Hall–Kier alpha value is -1.44. The lowest BCUT2D eigenvalue weighted by Crippen LogP contribution is -2.12. The summed E-state index contributed by atoms with van der Waals surface area (Å²) in [5, 5.41) is 0. The number of anilines is 1. The second-order valence-electron chi connectivity index (χ2n) is 4.99. The van der Waals surface area contributed by atoms with Crippen LogP contribution < -0.4 is 9.64 Å². The van der Waals surface area contributed by atoms with E-state index in [-0.39, 0.29) is 5.41 Å². The Kier molecular flexibility index (Phi) is 2.03. The molecule has 0 aliphatic carbocycles. The van der Waals surface area contributed by atoms with E-state index in [1.807, 2.05) is 11.9 Å². The van der Waals surface area contributed by atoms with Crippen LogP contribution in [0.1, 0.15) is 26.3 Å². The number of benzene rings is 1. The van der Waals surface area contributed by atoms with E-state index in [0.717, 1.165) is 11.4 Å². The number of fused-ring (bicyclic) bond motifs is 1. The van der Waals surface area contributed by atoms with E-state index >= 15 is 0 Å². The molecule has 0 N–H and O–H groups in total. The van der Waals surface area contributed by atoms with Gasteiger partial charge in [0.15, 0.2) is 11.6 Å². The molecule has 1 aromatic rings. The average Bonchev–Trinajstić information content (AvgIpc) is 2.41. The number of hydrogen-bond acceptors (Lipinski definition) is 2. The van der Waals surface area contributed by atoms with Crippen molar-refractivity contribution in [3.8, 4) is 5.75 Å². The van der Waals surface area contributed by atoms with Gasteiger partial charge in [0.05, 0.1) is 5.69 Å². The Morgan fingerprint density at radius 3 is 2.53 bits per heavy atom. The minimum atomic E-state index is 0.154. The molecule has 1 aromatic carbocycles. The maximum Gasteiger partial charge on any atom is 0.193 e. The normalized spacial score (nSPS) is 15.2. The lowest BCUT2D eigenvalue weighted by Gasteiger charge is -2.19. The highest BCUT2D eigenvalue weighted by Gasteiger charge is 2.23. The van der Waals surface area contributed by atoms with E-state index in [1.54, 1.807) is 0 Å². The molecule has 0 bridgehead atoms. The second-order valence-corrected chi connectivity index (χ2v) is 4.99. The number of ether oxygens (including phenoxy) is 1. The molecule has 0 amide bonds. The lowest BCUT2D eigenvalue weighted by atomic mass is 9.87. The molecule has 0 saturated carbocycles. The van der Waals surface area contributed by atoms with Crippen LogP contribution in [-0.2, 0) is 5.41 Å². The van der Waals surface area contributed by atoms with Crippen molar-refractivity contribution in [3.05, 3.63) is 36.2 Å². The molecule has 80 valence electrons. The molecule has 0 fully saturated rings. The van der Waals surface area contributed by atoms with Gasteiger partial charge in [0.1, 0.15) is 0 Å². The minimum Gasteiger partial charge on any atom is -0.439 e. The van der Waals surface area contributed by atoms with Crippen LogP contribution in [0.2, 0.25) is 0 Å². The first-order valence-corrected chi connectivity index (χ1v) is 5.14. The van der Waals surface area contributed by atoms with Gasteiger partial charge in [-0.2, -0.15) is 0 Å². The van der Waals surface area contributed by atoms with Gasteiger partial charge in [-0.1, -0.05) is 26.8 Å². The zero-order valence-electron chi connectivity index (χ0n) is 9.79. The standard InChI is InChI=1S/C13H17NO/c1-9-14(5)11-7-6-10(13(2,3)4)8-12(11)15-9/h6-8H,1H2,2-5H3. The maximum atomic E-state index is 5.59. The van der Waals surface area contributed by atoms with Gasteiger partial charge >= 0.3 is 0 Å². The third-order valence-corrected chi connectivity index (χ3v) is 2.79. The third kappa shape index (κ3) is 1.60. The molecular weight excluding hydrogens is 186 g/mol. The molecule has 0 atom stereocenters. The Balaban J connectivity index is 2.47. The van der Waals surface area contributed by atoms with Gasteiger partial charge in [-0.05, 0) is 29.7 Å². The van der Waals surface area contributed by atoms with Crippen molar-refractivity contribution in [2.75, 3.05) is 11.9 Å². The van der Waals surface area contributed by atoms with Crippen molar-refractivity contribution in [1.29, 1.82) is 0 Å². The Morgan fingerprint density at radius 1 is 1.27 bits per heavy atom. The van der Waals surface area contributed by atoms with Gasteiger partial charge in [-0.15, -0.1) is 0 Å². The number of hydrogen-bond donors (Lipinski definition) is 0. The number of rotatable bonds is 0. The van der Waals surface area contributed by atoms with Crippen LogP contribution >= 0.6 is 0 Å². The molecule has 0 saturated heterocycles. The summed E-state index contributed by atoms with van der Waals surface area (Å²) in [4.78, 5) is 1.96. The average molecular weight is 203 g/mol. The predicted octanol–water partition coefficient (Wildman–Crippen LogP) is 3.28. The topological polar surface area (TPSA) is 12.5 Å². The second kappa shape index (κ2) is 3.02. The van der Waals surface area contributed by atoms with Gasteiger partial charge < -0.3 is 9.64 Å². The first-order valence-electron chi connectivity index (χ1n) is 5.14. The van der Waals surface area contributed by atoms with Crippen molar-refractivity contribution in [3.63, 3.8) is 0 Å². The van der Waals surface area contributed by atoms with Crippen LogP contribution in [-0.4, -0.2) is 7.05 Å². The summed E-state index contributed by atoms with van der Waals surface area (Å²) in [6.45, 7) is 10.4. The zero-order chi connectivity index (χ0) is 11.2. The molecule has 1 aliphatic heterocycles.